The van der Waals surface area contributed by atoms with Crippen molar-refractivity contribution >= 4 is 5.96 Å². The molecular weight excluding hydrogens is 336 g/mol. The van der Waals surface area contributed by atoms with Crippen molar-refractivity contribution < 1.29 is 4.74 Å². The number of aryl methyl sites for hydroxylation is 2. The summed E-state index contributed by atoms with van der Waals surface area (Å²) in [5.74, 6) is 1.37. The van der Waals surface area contributed by atoms with Gasteiger partial charge in [-0.2, -0.15) is 0 Å². The van der Waals surface area contributed by atoms with E-state index in [2.05, 4.69) is 83.4 Å². The van der Waals surface area contributed by atoms with Crippen molar-refractivity contribution in [2.24, 2.45) is 18.0 Å². The van der Waals surface area contributed by atoms with Gasteiger partial charge in [-0.25, -0.2) is 0 Å². The first-order valence-electron chi connectivity index (χ1n) is 9.78. The van der Waals surface area contributed by atoms with Crippen LogP contribution in [0.25, 0.3) is 0 Å². The number of aromatic nitrogens is 1. The van der Waals surface area contributed by atoms with E-state index in [4.69, 9.17) is 4.74 Å². The van der Waals surface area contributed by atoms with Crippen molar-refractivity contribution in [1.29, 1.82) is 0 Å². The lowest BCUT2D eigenvalue weighted by Crippen LogP contribution is -2.42. The zero-order valence-electron chi connectivity index (χ0n) is 17.0. The molecule has 2 unspecified atom stereocenters. The zero-order valence-corrected chi connectivity index (χ0v) is 17.0. The van der Waals surface area contributed by atoms with E-state index in [9.17, 15) is 0 Å². The molecule has 1 aromatic heterocycles. The number of nitrogens with one attached hydrogen (secondary N) is 1. The van der Waals surface area contributed by atoms with Crippen molar-refractivity contribution in [3.63, 3.8) is 0 Å². The van der Waals surface area contributed by atoms with E-state index >= 15 is 0 Å². The highest BCUT2D eigenvalue weighted by atomic mass is 16.5. The number of nitrogens with zero attached hydrogens (tertiary/aromatic N) is 3. The van der Waals surface area contributed by atoms with Crippen LogP contribution in [-0.2, 0) is 18.3 Å². The molecule has 2 aromatic rings. The summed E-state index contributed by atoms with van der Waals surface area (Å²) >= 11 is 0. The molecule has 27 heavy (non-hydrogen) atoms. The zero-order chi connectivity index (χ0) is 19.2. The molecule has 0 aliphatic carbocycles. The Morgan fingerprint density at radius 2 is 2.07 bits per heavy atom. The van der Waals surface area contributed by atoms with Gasteiger partial charge in [-0.1, -0.05) is 29.8 Å². The van der Waals surface area contributed by atoms with Crippen molar-refractivity contribution in [2.45, 2.75) is 32.4 Å². The summed E-state index contributed by atoms with van der Waals surface area (Å²) in [6.45, 7) is 4.66. The van der Waals surface area contributed by atoms with Crippen LogP contribution in [-0.4, -0.2) is 42.7 Å². The molecule has 146 valence electrons. The first kappa shape index (κ1) is 19.5. The number of ether oxygens (including phenoxy) is 1. The van der Waals surface area contributed by atoms with Gasteiger partial charge in [0.15, 0.2) is 5.96 Å². The Morgan fingerprint density at radius 1 is 1.30 bits per heavy atom. The van der Waals surface area contributed by atoms with Crippen LogP contribution in [0.2, 0.25) is 0 Å². The lowest BCUT2D eigenvalue weighted by molar-refractivity contribution is -0.0266. The summed E-state index contributed by atoms with van der Waals surface area (Å²) in [6.07, 6.45) is 4.52. The molecule has 1 aliphatic heterocycles. The molecule has 1 saturated heterocycles. The fourth-order valence-corrected chi connectivity index (χ4v) is 3.76. The van der Waals surface area contributed by atoms with Crippen molar-refractivity contribution in [3.8, 4) is 0 Å². The third-order valence-electron chi connectivity index (χ3n) is 5.40. The molecule has 0 spiro atoms. The Labute approximate surface area is 163 Å². The number of aliphatic imine (C=N–C) groups is 1. The fourth-order valence-electron chi connectivity index (χ4n) is 3.76. The molecule has 0 bridgehead atoms. The summed E-state index contributed by atoms with van der Waals surface area (Å²) in [5.41, 5.74) is 3.82. The standard InChI is InChI=1S/C22H32N4O/c1-17-9-11-18(12-10-17)21-19(7-6-14-27-21)15-24-22(23-2)26(4)16-20-8-5-13-25(20)3/h5,8-13,19,21H,6-7,14-16H2,1-4H3,(H,23,24). The van der Waals surface area contributed by atoms with E-state index in [-0.39, 0.29) is 6.10 Å². The Morgan fingerprint density at radius 3 is 2.74 bits per heavy atom. The molecule has 1 fully saturated rings. The molecular formula is C22H32N4O. The smallest absolute Gasteiger partial charge is 0.193 e. The molecule has 2 atom stereocenters. The summed E-state index contributed by atoms with van der Waals surface area (Å²) in [4.78, 5) is 6.64. The summed E-state index contributed by atoms with van der Waals surface area (Å²) < 4.78 is 8.29. The van der Waals surface area contributed by atoms with E-state index in [1.165, 1.54) is 23.2 Å². The fraction of sp³-hybridized carbons (Fsp3) is 0.500. The molecule has 0 saturated carbocycles. The van der Waals surface area contributed by atoms with Crippen LogP contribution in [0.5, 0.6) is 0 Å². The lowest BCUT2D eigenvalue weighted by Gasteiger charge is -2.33. The number of benzene rings is 1. The number of rotatable bonds is 5. The van der Waals surface area contributed by atoms with Gasteiger partial charge >= 0.3 is 0 Å². The average molecular weight is 369 g/mol. The van der Waals surface area contributed by atoms with Crippen LogP contribution in [0, 0.1) is 12.8 Å². The summed E-state index contributed by atoms with van der Waals surface area (Å²) in [6, 6.07) is 13.0. The molecule has 0 radical (unpaired) electrons. The minimum atomic E-state index is 0.156. The van der Waals surface area contributed by atoms with Gasteiger partial charge in [-0.15, -0.1) is 0 Å². The van der Waals surface area contributed by atoms with Crippen molar-refractivity contribution in [2.75, 3.05) is 27.2 Å². The first-order chi connectivity index (χ1) is 13.1. The first-order valence-corrected chi connectivity index (χ1v) is 9.78. The second-order valence-electron chi connectivity index (χ2n) is 7.50. The maximum Gasteiger partial charge on any atom is 0.193 e. The Kier molecular flexibility index (Phi) is 6.56. The van der Waals surface area contributed by atoms with E-state index in [0.29, 0.717) is 5.92 Å². The maximum atomic E-state index is 6.15. The van der Waals surface area contributed by atoms with Crippen LogP contribution < -0.4 is 5.32 Å². The SMILES string of the molecule is CN=C(NCC1CCCOC1c1ccc(C)cc1)N(C)Cc1cccn1C. The summed E-state index contributed by atoms with van der Waals surface area (Å²) in [7, 11) is 6.00. The largest absolute Gasteiger partial charge is 0.373 e. The highest BCUT2D eigenvalue weighted by molar-refractivity contribution is 5.79. The Bertz CT molecular complexity index is 750. The van der Waals surface area contributed by atoms with Crippen LogP contribution >= 0.6 is 0 Å². The number of hydrogen-bond donors (Lipinski definition) is 1. The van der Waals surface area contributed by atoms with E-state index < -0.39 is 0 Å². The van der Waals surface area contributed by atoms with Gasteiger partial charge in [-0.3, -0.25) is 4.99 Å². The molecule has 0 amide bonds. The van der Waals surface area contributed by atoms with Gasteiger partial charge in [-0.05, 0) is 37.5 Å². The molecule has 2 heterocycles. The normalized spacial score (nSPS) is 20.5. The van der Waals surface area contributed by atoms with Gasteiger partial charge < -0.3 is 19.5 Å². The maximum absolute atomic E-state index is 6.15. The predicted molar refractivity (Wildman–Crippen MR) is 111 cm³/mol. The molecule has 1 N–H and O–H groups in total. The highest BCUT2D eigenvalue weighted by Crippen LogP contribution is 2.33. The van der Waals surface area contributed by atoms with E-state index in [0.717, 1.165) is 32.1 Å². The van der Waals surface area contributed by atoms with Gasteiger partial charge in [0.25, 0.3) is 0 Å². The minimum Gasteiger partial charge on any atom is -0.373 e. The number of guanidine groups is 1. The quantitative estimate of drug-likeness (QED) is 0.649. The van der Waals surface area contributed by atoms with Crippen LogP contribution in [0.4, 0.5) is 0 Å². The monoisotopic (exact) mass is 368 g/mol. The molecule has 1 aromatic carbocycles. The highest BCUT2D eigenvalue weighted by Gasteiger charge is 2.27. The van der Waals surface area contributed by atoms with E-state index in [1.54, 1.807) is 0 Å². The lowest BCUT2D eigenvalue weighted by atomic mass is 9.89. The predicted octanol–water partition coefficient (Wildman–Crippen LogP) is 3.51. The van der Waals surface area contributed by atoms with Crippen LogP contribution in [0.1, 0.15) is 35.8 Å². The van der Waals surface area contributed by atoms with Crippen molar-refractivity contribution in [1.82, 2.24) is 14.8 Å². The van der Waals surface area contributed by atoms with Crippen molar-refractivity contribution in [3.05, 3.63) is 59.4 Å². The van der Waals surface area contributed by atoms with E-state index in [1.807, 2.05) is 7.05 Å². The van der Waals surface area contributed by atoms with Crippen LogP contribution in [0.3, 0.4) is 0 Å². The second kappa shape index (κ2) is 9.09. The Hall–Kier alpha value is -2.27. The van der Waals surface area contributed by atoms with Gasteiger partial charge in [0.1, 0.15) is 0 Å². The minimum absolute atomic E-state index is 0.156. The topological polar surface area (TPSA) is 41.8 Å². The van der Waals surface area contributed by atoms with Gasteiger partial charge in [0.2, 0.25) is 0 Å². The average Bonchev–Trinajstić information content (AvgIpc) is 3.08. The van der Waals surface area contributed by atoms with Gasteiger partial charge in [0.05, 0.1) is 12.6 Å². The molecule has 3 rings (SSSR count). The summed E-state index contributed by atoms with van der Waals surface area (Å²) in [5, 5.41) is 3.57. The third-order valence-corrected chi connectivity index (χ3v) is 5.40. The molecule has 5 nitrogen and oxygen atoms in total. The molecule has 1 aliphatic rings. The second-order valence-corrected chi connectivity index (χ2v) is 7.50. The third kappa shape index (κ3) is 4.92. The number of hydrogen-bond acceptors (Lipinski definition) is 2. The van der Waals surface area contributed by atoms with Gasteiger partial charge in [0, 0.05) is 52.1 Å². The Balaban J connectivity index is 1.61. The van der Waals surface area contributed by atoms with Crippen LogP contribution in [0.15, 0.2) is 47.6 Å². The molecule has 5 heteroatoms.